The molecular weight excluding hydrogens is 262 g/mol. The quantitative estimate of drug-likeness (QED) is 0.725. The van der Waals surface area contributed by atoms with Crippen LogP contribution >= 0.6 is 0 Å². The highest BCUT2D eigenvalue weighted by Gasteiger charge is 2.25. The van der Waals surface area contributed by atoms with E-state index in [1.54, 1.807) is 23.9 Å². The first-order valence-electron chi connectivity index (χ1n) is 6.36. The van der Waals surface area contributed by atoms with Crippen molar-refractivity contribution in [2.75, 3.05) is 46.0 Å². The molecule has 0 spiro atoms. The van der Waals surface area contributed by atoms with Gasteiger partial charge in [0.15, 0.2) is 0 Å². The molecule has 2 heterocycles. The van der Waals surface area contributed by atoms with Crippen LogP contribution in [0.25, 0.3) is 0 Å². The van der Waals surface area contributed by atoms with Crippen molar-refractivity contribution in [3.05, 3.63) is 6.33 Å². The molecule has 3 amide bonds. The minimum Gasteiger partial charge on any atom is -0.367 e. The number of nitrogens with zero attached hydrogens (tertiary/aromatic N) is 6. The summed E-state index contributed by atoms with van der Waals surface area (Å²) in [6, 6.07) is -0.0267. The zero-order chi connectivity index (χ0) is 14.7. The van der Waals surface area contributed by atoms with Gasteiger partial charge in [0, 0.05) is 40.3 Å². The highest BCUT2D eigenvalue weighted by atomic mass is 16.2. The number of carbonyl (C=O) groups excluding carboxylic acids is 2. The van der Waals surface area contributed by atoms with Gasteiger partial charge in [-0.2, -0.15) is 0 Å². The van der Waals surface area contributed by atoms with Crippen LogP contribution in [0.4, 0.5) is 10.7 Å². The summed E-state index contributed by atoms with van der Waals surface area (Å²) in [5.74, 6) is 0.103. The van der Waals surface area contributed by atoms with Crippen molar-refractivity contribution in [1.82, 2.24) is 29.5 Å². The van der Waals surface area contributed by atoms with E-state index in [-0.39, 0.29) is 24.4 Å². The summed E-state index contributed by atoms with van der Waals surface area (Å²) in [4.78, 5) is 32.6. The van der Waals surface area contributed by atoms with Gasteiger partial charge in [-0.1, -0.05) is 0 Å². The molecule has 2 N–H and O–H groups in total. The first kappa shape index (κ1) is 14.1. The van der Waals surface area contributed by atoms with Crippen molar-refractivity contribution in [1.29, 1.82) is 0 Å². The van der Waals surface area contributed by atoms with E-state index in [0.29, 0.717) is 26.2 Å². The molecule has 1 aliphatic rings. The van der Waals surface area contributed by atoms with Gasteiger partial charge in [0.05, 0.1) is 0 Å². The Hall–Kier alpha value is -2.32. The van der Waals surface area contributed by atoms with Gasteiger partial charge < -0.3 is 20.4 Å². The smallest absolute Gasteiger partial charge is 0.319 e. The number of hydrogen-bond donors (Lipinski definition) is 1. The van der Waals surface area contributed by atoms with Gasteiger partial charge >= 0.3 is 6.03 Å². The van der Waals surface area contributed by atoms with Gasteiger partial charge in [-0.3, -0.25) is 4.79 Å². The molecule has 110 valence electrons. The Morgan fingerprint density at radius 1 is 1.25 bits per heavy atom. The van der Waals surface area contributed by atoms with E-state index in [1.165, 1.54) is 15.9 Å². The predicted molar refractivity (Wildman–Crippen MR) is 71.7 cm³/mol. The molecule has 1 aliphatic heterocycles. The minimum atomic E-state index is -0.0492. The number of piperazine rings is 1. The van der Waals surface area contributed by atoms with Gasteiger partial charge in [0.1, 0.15) is 12.9 Å². The molecule has 1 aromatic heterocycles. The van der Waals surface area contributed by atoms with Crippen LogP contribution in [0, 0.1) is 0 Å². The predicted octanol–water partition coefficient (Wildman–Crippen LogP) is -1.31. The van der Waals surface area contributed by atoms with Crippen LogP contribution in [0.1, 0.15) is 0 Å². The number of rotatable bonds is 2. The molecule has 0 atom stereocenters. The molecule has 20 heavy (non-hydrogen) atoms. The Morgan fingerprint density at radius 3 is 2.35 bits per heavy atom. The number of hydrogen-bond acceptors (Lipinski definition) is 5. The van der Waals surface area contributed by atoms with E-state index in [0.717, 1.165) is 0 Å². The highest BCUT2D eigenvalue weighted by molar-refractivity contribution is 5.77. The molecule has 9 nitrogen and oxygen atoms in total. The van der Waals surface area contributed by atoms with E-state index in [9.17, 15) is 9.59 Å². The molecule has 2 rings (SSSR count). The maximum Gasteiger partial charge on any atom is 0.319 e. The summed E-state index contributed by atoms with van der Waals surface area (Å²) in [5, 5.41) is 3.88. The van der Waals surface area contributed by atoms with Crippen LogP contribution in [0.15, 0.2) is 6.33 Å². The van der Waals surface area contributed by atoms with E-state index in [1.807, 2.05) is 0 Å². The zero-order valence-corrected chi connectivity index (χ0v) is 11.7. The molecule has 1 aromatic rings. The molecule has 0 unspecified atom stereocenters. The second-order valence-corrected chi connectivity index (χ2v) is 4.85. The maximum absolute atomic E-state index is 12.1. The lowest BCUT2D eigenvalue weighted by Crippen LogP contribution is -2.53. The van der Waals surface area contributed by atoms with E-state index < -0.39 is 0 Å². The molecule has 0 aliphatic carbocycles. The summed E-state index contributed by atoms with van der Waals surface area (Å²) in [6.07, 6.45) is 1.43. The fourth-order valence-corrected chi connectivity index (χ4v) is 2.05. The van der Waals surface area contributed by atoms with Crippen molar-refractivity contribution in [2.24, 2.45) is 0 Å². The topological polar surface area (TPSA) is 101 Å². The Morgan fingerprint density at radius 2 is 1.85 bits per heavy atom. The van der Waals surface area contributed by atoms with Crippen LogP contribution in [0.2, 0.25) is 0 Å². The van der Waals surface area contributed by atoms with Crippen LogP contribution in [0.3, 0.4) is 0 Å². The molecular formula is C11H19N7O2. The summed E-state index contributed by atoms with van der Waals surface area (Å²) >= 11 is 0. The van der Waals surface area contributed by atoms with Crippen LogP contribution in [0.5, 0.6) is 0 Å². The minimum absolute atomic E-state index is 0.0267. The second-order valence-electron chi connectivity index (χ2n) is 4.85. The van der Waals surface area contributed by atoms with E-state index >= 15 is 0 Å². The fourth-order valence-electron chi connectivity index (χ4n) is 2.05. The number of anilines is 1. The third-order valence-corrected chi connectivity index (χ3v) is 3.14. The Kier molecular flexibility index (Phi) is 4.06. The van der Waals surface area contributed by atoms with Crippen molar-refractivity contribution in [3.8, 4) is 0 Å². The van der Waals surface area contributed by atoms with Gasteiger partial charge in [-0.05, 0) is 0 Å². The van der Waals surface area contributed by atoms with Crippen LogP contribution in [-0.2, 0) is 11.3 Å². The van der Waals surface area contributed by atoms with Gasteiger partial charge in [-0.25, -0.2) is 14.5 Å². The summed E-state index contributed by atoms with van der Waals surface area (Å²) in [7, 11) is 3.43. The van der Waals surface area contributed by atoms with E-state index in [2.05, 4.69) is 10.1 Å². The van der Waals surface area contributed by atoms with Crippen molar-refractivity contribution in [3.63, 3.8) is 0 Å². The maximum atomic E-state index is 12.1. The number of nitrogen functional groups attached to an aromatic ring is 1. The molecule has 0 radical (unpaired) electrons. The monoisotopic (exact) mass is 281 g/mol. The Balaban J connectivity index is 1.84. The fraction of sp³-hybridized carbons (Fsp3) is 0.636. The average molecular weight is 281 g/mol. The van der Waals surface area contributed by atoms with Crippen molar-refractivity contribution >= 4 is 17.9 Å². The van der Waals surface area contributed by atoms with Gasteiger partial charge in [-0.15, -0.1) is 5.10 Å². The highest BCUT2D eigenvalue weighted by Crippen LogP contribution is 2.05. The van der Waals surface area contributed by atoms with Gasteiger partial charge in [0.25, 0.3) is 0 Å². The number of urea groups is 1. The Bertz CT molecular complexity index is 491. The molecule has 1 fully saturated rings. The van der Waals surface area contributed by atoms with Crippen molar-refractivity contribution < 1.29 is 9.59 Å². The third kappa shape index (κ3) is 3.16. The lowest BCUT2D eigenvalue weighted by atomic mass is 10.3. The second kappa shape index (κ2) is 5.76. The molecule has 0 aromatic carbocycles. The molecule has 1 saturated heterocycles. The lowest BCUT2D eigenvalue weighted by molar-refractivity contribution is -0.133. The molecule has 0 bridgehead atoms. The first-order valence-corrected chi connectivity index (χ1v) is 6.36. The van der Waals surface area contributed by atoms with Crippen LogP contribution in [-0.4, -0.2) is 81.7 Å². The molecule has 9 heteroatoms. The first-order chi connectivity index (χ1) is 9.47. The van der Waals surface area contributed by atoms with E-state index in [4.69, 9.17) is 5.73 Å². The van der Waals surface area contributed by atoms with Crippen LogP contribution < -0.4 is 5.73 Å². The summed E-state index contributed by atoms with van der Waals surface area (Å²) in [5.41, 5.74) is 5.40. The standard InChI is InChI=1S/C11H19N7O2/c1-15(2)11(20)17-5-3-16(4-6-17)9(19)7-18-8-13-10(12)14-18/h8H,3-7H2,1-2H3,(H2,12,14). The van der Waals surface area contributed by atoms with Gasteiger partial charge in [0.2, 0.25) is 11.9 Å². The third-order valence-electron chi connectivity index (χ3n) is 3.14. The number of carbonyl (C=O) groups is 2. The number of nitrogens with two attached hydrogens (primary N) is 1. The lowest BCUT2D eigenvalue weighted by Gasteiger charge is -2.35. The Labute approximate surface area is 116 Å². The number of amides is 3. The number of aromatic nitrogens is 3. The normalized spacial score (nSPS) is 15.3. The summed E-state index contributed by atoms with van der Waals surface area (Å²) < 4.78 is 1.41. The average Bonchev–Trinajstić information content (AvgIpc) is 2.83. The zero-order valence-electron chi connectivity index (χ0n) is 11.7. The molecule has 0 saturated carbocycles. The van der Waals surface area contributed by atoms with Crippen molar-refractivity contribution in [2.45, 2.75) is 6.54 Å². The SMILES string of the molecule is CN(C)C(=O)N1CCN(C(=O)Cn2cnc(N)n2)CC1. The summed E-state index contributed by atoms with van der Waals surface area (Å²) in [6.45, 7) is 2.27. The largest absolute Gasteiger partial charge is 0.367 e.